The second-order valence-corrected chi connectivity index (χ2v) is 4.47. The lowest BCUT2D eigenvalue weighted by atomic mass is 10.1. The van der Waals surface area contributed by atoms with Gasteiger partial charge in [-0.05, 0) is 37.6 Å². The first-order chi connectivity index (χ1) is 8.06. The molecule has 2 rings (SSSR count). The van der Waals surface area contributed by atoms with Crippen LogP contribution in [0.1, 0.15) is 28.7 Å². The van der Waals surface area contributed by atoms with E-state index in [4.69, 9.17) is 5.73 Å². The lowest BCUT2D eigenvalue weighted by Crippen LogP contribution is -2.16. The van der Waals surface area contributed by atoms with Crippen molar-refractivity contribution in [2.75, 3.05) is 0 Å². The molecule has 0 aliphatic heterocycles. The summed E-state index contributed by atoms with van der Waals surface area (Å²) in [5.74, 6) is 0. The number of rotatable bonds is 3. The molecule has 2 aromatic heterocycles. The zero-order valence-corrected chi connectivity index (χ0v) is 10.5. The Kier molecular flexibility index (Phi) is 3.24. The SMILES string of the molecule is Cc1ccnc(C(N)Cc2cc(C)nn2C)c1. The van der Waals surface area contributed by atoms with Gasteiger partial charge in [-0.1, -0.05) is 0 Å². The largest absolute Gasteiger partial charge is 0.322 e. The molecule has 0 radical (unpaired) electrons. The number of nitrogens with zero attached hydrogens (tertiary/aromatic N) is 3. The predicted octanol–water partition coefficient (Wildman–Crippen LogP) is 1.67. The summed E-state index contributed by atoms with van der Waals surface area (Å²) in [5, 5.41) is 4.32. The molecule has 0 aliphatic carbocycles. The highest BCUT2D eigenvalue weighted by molar-refractivity contribution is 5.19. The molecular weight excluding hydrogens is 212 g/mol. The van der Waals surface area contributed by atoms with Gasteiger partial charge in [0.15, 0.2) is 0 Å². The minimum Gasteiger partial charge on any atom is -0.322 e. The van der Waals surface area contributed by atoms with Crippen molar-refractivity contribution in [3.05, 3.63) is 47.0 Å². The van der Waals surface area contributed by atoms with Crippen LogP contribution in [-0.4, -0.2) is 14.8 Å². The molecule has 0 spiro atoms. The van der Waals surface area contributed by atoms with Crippen molar-refractivity contribution in [1.82, 2.24) is 14.8 Å². The van der Waals surface area contributed by atoms with E-state index in [9.17, 15) is 0 Å². The third-order valence-electron chi connectivity index (χ3n) is 2.84. The molecule has 0 saturated carbocycles. The maximum Gasteiger partial charge on any atom is 0.0596 e. The Morgan fingerprint density at radius 2 is 2.12 bits per heavy atom. The van der Waals surface area contributed by atoms with Gasteiger partial charge in [-0.15, -0.1) is 0 Å². The first-order valence-corrected chi connectivity index (χ1v) is 5.74. The first kappa shape index (κ1) is 11.8. The van der Waals surface area contributed by atoms with Crippen LogP contribution in [0.5, 0.6) is 0 Å². The Hall–Kier alpha value is -1.68. The lowest BCUT2D eigenvalue weighted by molar-refractivity contribution is 0.628. The summed E-state index contributed by atoms with van der Waals surface area (Å²) >= 11 is 0. The summed E-state index contributed by atoms with van der Waals surface area (Å²) in [5.41, 5.74) is 10.4. The maximum absolute atomic E-state index is 6.17. The normalized spacial score (nSPS) is 12.7. The highest BCUT2D eigenvalue weighted by Gasteiger charge is 2.11. The molecule has 17 heavy (non-hydrogen) atoms. The smallest absolute Gasteiger partial charge is 0.0596 e. The van der Waals surface area contributed by atoms with Crippen molar-refractivity contribution >= 4 is 0 Å². The minimum atomic E-state index is -0.0790. The van der Waals surface area contributed by atoms with Crippen molar-refractivity contribution in [1.29, 1.82) is 0 Å². The number of hydrogen-bond donors (Lipinski definition) is 1. The average Bonchev–Trinajstić information content (AvgIpc) is 2.57. The van der Waals surface area contributed by atoms with Crippen molar-refractivity contribution < 1.29 is 0 Å². The van der Waals surface area contributed by atoms with Crippen LogP contribution in [0.2, 0.25) is 0 Å². The summed E-state index contributed by atoms with van der Waals surface area (Å²) in [6.07, 6.45) is 2.56. The molecule has 2 N–H and O–H groups in total. The monoisotopic (exact) mass is 230 g/mol. The summed E-state index contributed by atoms with van der Waals surface area (Å²) in [6.45, 7) is 4.03. The number of nitrogens with two attached hydrogens (primary N) is 1. The Labute approximate surface area is 101 Å². The molecule has 4 nitrogen and oxygen atoms in total. The molecule has 0 amide bonds. The molecule has 0 aliphatic rings. The van der Waals surface area contributed by atoms with Crippen molar-refractivity contribution in [2.24, 2.45) is 12.8 Å². The quantitative estimate of drug-likeness (QED) is 0.872. The van der Waals surface area contributed by atoms with E-state index >= 15 is 0 Å². The molecule has 1 unspecified atom stereocenters. The Balaban J connectivity index is 2.16. The van der Waals surface area contributed by atoms with Crippen LogP contribution in [0, 0.1) is 13.8 Å². The van der Waals surface area contributed by atoms with Crippen LogP contribution in [0.25, 0.3) is 0 Å². The Morgan fingerprint density at radius 1 is 1.35 bits per heavy atom. The van der Waals surface area contributed by atoms with E-state index in [1.807, 2.05) is 37.7 Å². The van der Waals surface area contributed by atoms with Crippen LogP contribution in [0.4, 0.5) is 0 Å². The molecule has 2 aromatic rings. The fourth-order valence-corrected chi connectivity index (χ4v) is 1.95. The summed E-state index contributed by atoms with van der Waals surface area (Å²) in [6, 6.07) is 6.00. The molecule has 0 bridgehead atoms. The van der Waals surface area contributed by atoms with Gasteiger partial charge in [0.2, 0.25) is 0 Å². The summed E-state index contributed by atoms with van der Waals surface area (Å²) in [7, 11) is 1.94. The summed E-state index contributed by atoms with van der Waals surface area (Å²) in [4.78, 5) is 4.32. The Morgan fingerprint density at radius 3 is 2.71 bits per heavy atom. The van der Waals surface area contributed by atoms with Gasteiger partial charge in [0, 0.05) is 25.4 Å². The summed E-state index contributed by atoms with van der Waals surface area (Å²) < 4.78 is 1.88. The van der Waals surface area contributed by atoms with Gasteiger partial charge in [0.05, 0.1) is 17.4 Å². The first-order valence-electron chi connectivity index (χ1n) is 5.74. The van der Waals surface area contributed by atoms with Gasteiger partial charge in [-0.25, -0.2) is 0 Å². The lowest BCUT2D eigenvalue weighted by Gasteiger charge is -2.11. The van der Waals surface area contributed by atoms with Gasteiger partial charge in [-0.2, -0.15) is 5.10 Å². The van der Waals surface area contributed by atoms with Crippen LogP contribution >= 0.6 is 0 Å². The van der Waals surface area contributed by atoms with Crippen LogP contribution in [-0.2, 0) is 13.5 Å². The molecule has 0 fully saturated rings. The topological polar surface area (TPSA) is 56.7 Å². The van der Waals surface area contributed by atoms with Gasteiger partial charge in [0.1, 0.15) is 0 Å². The van der Waals surface area contributed by atoms with E-state index < -0.39 is 0 Å². The third-order valence-corrected chi connectivity index (χ3v) is 2.84. The number of hydrogen-bond acceptors (Lipinski definition) is 3. The molecule has 0 aromatic carbocycles. The van der Waals surface area contributed by atoms with Gasteiger partial charge < -0.3 is 5.73 Å². The zero-order chi connectivity index (χ0) is 12.4. The van der Waals surface area contributed by atoms with E-state index in [2.05, 4.69) is 16.1 Å². The zero-order valence-electron chi connectivity index (χ0n) is 10.5. The molecular formula is C13H18N4. The molecule has 1 atom stereocenters. The van der Waals surface area contributed by atoms with Gasteiger partial charge in [-0.3, -0.25) is 9.67 Å². The van der Waals surface area contributed by atoms with Crippen LogP contribution in [0.3, 0.4) is 0 Å². The fraction of sp³-hybridized carbons (Fsp3) is 0.385. The van der Waals surface area contributed by atoms with Crippen LogP contribution < -0.4 is 5.73 Å². The van der Waals surface area contributed by atoms with Crippen molar-refractivity contribution in [2.45, 2.75) is 26.3 Å². The number of aryl methyl sites for hydroxylation is 3. The Bertz CT molecular complexity index is 516. The van der Waals surface area contributed by atoms with E-state index in [1.165, 1.54) is 5.56 Å². The standard InChI is InChI=1S/C13H18N4/c1-9-4-5-15-13(6-9)12(14)8-11-7-10(2)16-17(11)3/h4-7,12H,8,14H2,1-3H3. The average molecular weight is 230 g/mol. The number of pyridine rings is 1. The van der Waals surface area contributed by atoms with Gasteiger partial charge >= 0.3 is 0 Å². The second-order valence-electron chi connectivity index (χ2n) is 4.47. The fourth-order valence-electron chi connectivity index (χ4n) is 1.95. The molecule has 4 heteroatoms. The van der Waals surface area contributed by atoms with E-state index in [0.717, 1.165) is 23.5 Å². The third kappa shape index (κ3) is 2.71. The minimum absolute atomic E-state index is 0.0790. The van der Waals surface area contributed by atoms with Crippen LogP contribution in [0.15, 0.2) is 24.4 Å². The highest BCUT2D eigenvalue weighted by Crippen LogP contribution is 2.15. The van der Waals surface area contributed by atoms with E-state index in [-0.39, 0.29) is 6.04 Å². The molecule has 2 heterocycles. The van der Waals surface area contributed by atoms with Gasteiger partial charge in [0.25, 0.3) is 0 Å². The predicted molar refractivity (Wildman–Crippen MR) is 67.6 cm³/mol. The second kappa shape index (κ2) is 4.67. The molecule has 90 valence electrons. The molecule has 0 saturated heterocycles. The maximum atomic E-state index is 6.17. The van der Waals surface area contributed by atoms with Crippen molar-refractivity contribution in [3.63, 3.8) is 0 Å². The van der Waals surface area contributed by atoms with E-state index in [0.29, 0.717) is 0 Å². The van der Waals surface area contributed by atoms with Crippen molar-refractivity contribution in [3.8, 4) is 0 Å². The number of aromatic nitrogens is 3. The van der Waals surface area contributed by atoms with E-state index in [1.54, 1.807) is 6.20 Å². The highest BCUT2D eigenvalue weighted by atomic mass is 15.3.